The molecule has 2 aromatic carbocycles. The van der Waals surface area contributed by atoms with E-state index in [1.54, 1.807) is 42.5 Å². The van der Waals surface area contributed by atoms with Gasteiger partial charge in [-0.25, -0.2) is 8.42 Å². The van der Waals surface area contributed by atoms with Crippen LogP contribution in [-0.2, 0) is 16.6 Å². The molecule has 0 aliphatic carbocycles. The summed E-state index contributed by atoms with van der Waals surface area (Å²) in [6.07, 6.45) is 0. The Morgan fingerprint density at radius 1 is 1.00 bits per heavy atom. The van der Waals surface area contributed by atoms with E-state index in [2.05, 4.69) is 10.0 Å². The molecule has 0 unspecified atom stereocenters. The molecule has 19 heavy (non-hydrogen) atoms. The Labute approximate surface area is 113 Å². The highest BCUT2D eigenvalue weighted by molar-refractivity contribution is 7.92. The van der Waals surface area contributed by atoms with Crippen molar-refractivity contribution < 1.29 is 8.42 Å². The molecule has 0 aliphatic rings. The van der Waals surface area contributed by atoms with Crippen molar-refractivity contribution in [2.24, 2.45) is 0 Å². The minimum Gasteiger partial charge on any atom is -0.316 e. The summed E-state index contributed by atoms with van der Waals surface area (Å²) in [6, 6.07) is 15.7. The van der Waals surface area contributed by atoms with Crippen LogP contribution in [0.2, 0.25) is 0 Å². The molecule has 0 spiro atoms. The molecular formula is C14H16N2O2S. The van der Waals surface area contributed by atoms with Gasteiger partial charge in [0.15, 0.2) is 0 Å². The summed E-state index contributed by atoms with van der Waals surface area (Å²) < 4.78 is 27.0. The van der Waals surface area contributed by atoms with Crippen LogP contribution in [0.4, 0.5) is 5.69 Å². The molecule has 4 nitrogen and oxygen atoms in total. The first kappa shape index (κ1) is 13.6. The van der Waals surface area contributed by atoms with Gasteiger partial charge in [-0.3, -0.25) is 4.72 Å². The quantitative estimate of drug-likeness (QED) is 0.880. The van der Waals surface area contributed by atoms with Crippen LogP contribution in [0, 0.1) is 0 Å². The van der Waals surface area contributed by atoms with Crippen molar-refractivity contribution in [3.8, 4) is 0 Å². The van der Waals surface area contributed by atoms with Gasteiger partial charge in [0.2, 0.25) is 0 Å². The smallest absolute Gasteiger partial charge is 0.261 e. The number of hydrogen-bond acceptors (Lipinski definition) is 3. The van der Waals surface area contributed by atoms with Crippen LogP contribution in [0.25, 0.3) is 0 Å². The first-order valence-electron chi connectivity index (χ1n) is 5.93. The predicted octanol–water partition coefficient (Wildman–Crippen LogP) is 2.21. The number of sulfonamides is 1. The highest BCUT2D eigenvalue weighted by atomic mass is 32.2. The van der Waals surface area contributed by atoms with Crippen molar-refractivity contribution in [2.45, 2.75) is 11.4 Å². The Morgan fingerprint density at radius 3 is 2.42 bits per heavy atom. The molecule has 0 heterocycles. The van der Waals surface area contributed by atoms with Crippen LogP contribution in [0.1, 0.15) is 5.56 Å². The molecule has 0 saturated carbocycles. The van der Waals surface area contributed by atoms with Crippen LogP contribution in [-0.4, -0.2) is 15.5 Å². The van der Waals surface area contributed by atoms with Crippen LogP contribution in [0.15, 0.2) is 59.5 Å². The summed E-state index contributed by atoms with van der Waals surface area (Å²) >= 11 is 0. The highest BCUT2D eigenvalue weighted by Crippen LogP contribution is 2.16. The molecule has 2 aromatic rings. The molecule has 0 fully saturated rings. The molecule has 0 saturated heterocycles. The molecular weight excluding hydrogens is 260 g/mol. The second-order valence-electron chi connectivity index (χ2n) is 4.15. The van der Waals surface area contributed by atoms with Crippen LogP contribution in [0.5, 0.6) is 0 Å². The molecule has 0 bridgehead atoms. The van der Waals surface area contributed by atoms with E-state index >= 15 is 0 Å². The van der Waals surface area contributed by atoms with Crippen LogP contribution < -0.4 is 10.0 Å². The second-order valence-corrected chi connectivity index (χ2v) is 5.83. The summed E-state index contributed by atoms with van der Waals surface area (Å²) in [5, 5.41) is 3.00. The standard InChI is InChI=1S/C14H16N2O2S/c1-15-11-12-6-5-9-14(10-12)19(17,18)16-13-7-3-2-4-8-13/h2-10,15-16H,11H2,1H3. The van der Waals surface area contributed by atoms with Gasteiger partial charge in [0.25, 0.3) is 10.0 Å². The number of anilines is 1. The third-order valence-corrected chi connectivity index (χ3v) is 3.99. The zero-order valence-electron chi connectivity index (χ0n) is 10.6. The Kier molecular flexibility index (Phi) is 4.19. The van der Waals surface area contributed by atoms with E-state index in [0.29, 0.717) is 12.2 Å². The van der Waals surface area contributed by atoms with Gasteiger partial charge in [0.05, 0.1) is 4.90 Å². The monoisotopic (exact) mass is 276 g/mol. The number of nitrogens with one attached hydrogen (secondary N) is 2. The average molecular weight is 276 g/mol. The van der Waals surface area contributed by atoms with Gasteiger partial charge >= 0.3 is 0 Å². The molecule has 0 radical (unpaired) electrons. The highest BCUT2D eigenvalue weighted by Gasteiger charge is 2.14. The molecule has 0 amide bonds. The minimum absolute atomic E-state index is 0.268. The van der Waals surface area contributed by atoms with E-state index in [4.69, 9.17) is 0 Å². The maximum atomic E-state index is 12.2. The van der Waals surface area contributed by atoms with Gasteiger partial charge in [-0.05, 0) is 36.9 Å². The van der Waals surface area contributed by atoms with Crippen molar-refractivity contribution in [1.29, 1.82) is 0 Å². The van der Waals surface area contributed by atoms with Crippen molar-refractivity contribution in [3.05, 3.63) is 60.2 Å². The Bertz CT molecular complexity index is 640. The first-order chi connectivity index (χ1) is 9.12. The summed E-state index contributed by atoms with van der Waals surface area (Å²) in [5.74, 6) is 0. The van der Waals surface area contributed by atoms with E-state index < -0.39 is 10.0 Å². The van der Waals surface area contributed by atoms with E-state index in [0.717, 1.165) is 5.56 Å². The van der Waals surface area contributed by atoms with Crippen molar-refractivity contribution >= 4 is 15.7 Å². The largest absolute Gasteiger partial charge is 0.316 e. The van der Waals surface area contributed by atoms with Gasteiger partial charge in [0, 0.05) is 12.2 Å². The SMILES string of the molecule is CNCc1cccc(S(=O)(=O)Nc2ccccc2)c1. The fourth-order valence-electron chi connectivity index (χ4n) is 1.75. The van der Waals surface area contributed by atoms with Crippen molar-refractivity contribution in [2.75, 3.05) is 11.8 Å². The Morgan fingerprint density at radius 2 is 1.74 bits per heavy atom. The summed E-state index contributed by atoms with van der Waals surface area (Å²) in [6.45, 7) is 0.634. The van der Waals surface area contributed by atoms with Crippen molar-refractivity contribution in [3.63, 3.8) is 0 Å². The topological polar surface area (TPSA) is 58.2 Å². The van der Waals surface area contributed by atoms with Gasteiger partial charge in [-0.15, -0.1) is 0 Å². The minimum atomic E-state index is -3.53. The third-order valence-electron chi connectivity index (χ3n) is 2.62. The molecule has 100 valence electrons. The lowest BCUT2D eigenvalue weighted by atomic mass is 10.2. The van der Waals surface area contributed by atoms with Crippen LogP contribution in [0.3, 0.4) is 0 Å². The van der Waals surface area contributed by atoms with E-state index in [9.17, 15) is 8.42 Å². The lowest BCUT2D eigenvalue weighted by Crippen LogP contribution is -2.13. The van der Waals surface area contributed by atoms with E-state index in [1.807, 2.05) is 19.2 Å². The maximum absolute atomic E-state index is 12.2. The molecule has 5 heteroatoms. The normalized spacial score (nSPS) is 11.2. The molecule has 2 N–H and O–H groups in total. The molecule has 0 aromatic heterocycles. The fourth-order valence-corrected chi connectivity index (χ4v) is 2.88. The number of hydrogen-bond donors (Lipinski definition) is 2. The average Bonchev–Trinajstić information content (AvgIpc) is 2.40. The molecule has 0 aliphatic heterocycles. The summed E-state index contributed by atoms with van der Waals surface area (Å²) in [7, 11) is -1.71. The first-order valence-corrected chi connectivity index (χ1v) is 7.41. The summed E-state index contributed by atoms with van der Waals surface area (Å²) in [5.41, 5.74) is 1.49. The summed E-state index contributed by atoms with van der Waals surface area (Å²) in [4.78, 5) is 0.268. The Balaban J connectivity index is 2.27. The zero-order chi connectivity index (χ0) is 13.7. The Hall–Kier alpha value is -1.85. The van der Waals surface area contributed by atoms with E-state index in [1.165, 1.54) is 0 Å². The zero-order valence-corrected chi connectivity index (χ0v) is 11.4. The lowest BCUT2D eigenvalue weighted by Gasteiger charge is -2.09. The van der Waals surface area contributed by atoms with Crippen molar-refractivity contribution in [1.82, 2.24) is 5.32 Å². The second kappa shape index (κ2) is 5.86. The third kappa shape index (κ3) is 3.56. The fraction of sp³-hybridized carbons (Fsp3) is 0.143. The molecule has 0 atom stereocenters. The molecule has 2 rings (SSSR count). The number of benzene rings is 2. The lowest BCUT2D eigenvalue weighted by molar-refractivity contribution is 0.601. The number of para-hydroxylation sites is 1. The van der Waals surface area contributed by atoms with Gasteiger partial charge in [-0.2, -0.15) is 0 Å². The van der Waals surface area contributed by atoms with Gasteiger partial charge in [-0.1, -0.05) is 30.3 Å². The number of rotatable bonds is 5. The predicted molar refractivity (Wildman–Crippen MR) is 76.5 cm³/mol. The van der Waals surface area contributed by atoms with Gasteiger partial charge in [0.1, 0.15) is 0 Å². The van der Waals surface area contributed by atoms with E-state index in [-0.39, 0.29) is 4.90 Å². The maximum Gasteiger partial charge on any atom is 0.261 e. The van der Waals surface area contributed by atoms with Crippen LogP contribution >= 0.6 is 0 Å². The van der Waals surface area contributed by atoms with Gasteiger partial charge < -0.3 is 5.32 Å².